The Morgan fingerprint density at radius 3 is 2.90 bits per heavy atom. The first-order valence-electron chi connectivity index (χ1n) is 5.99. The molecule has 0 bridgehead atoms. The minimum Gasteiger partial charge on any atom is -0.480 e. The average Bonchev–Trinajstić information content (AvgIpc) is 2.96. The fraction of sp³-hybridized carbons (Fsp3) is 0.0714. The molecular weight excluding hydrogens is 326 g/mol. The lowest BCUT2D eigenvalue weighted by Crippen LogP contribution is -2.33. The van der Waals surface area contributed by atoms with Crippen LogP contribution in [0.3, 0.4) is 0 Å². The van der Waals surface area contributed by atoms with Crippen LogP contribution >= 0.6 is 35.3 Å². The van der Waals surface area contributed by atoms with Crippen LogP contribution in [0.5, 0.6) is 0 Å². The second-order valence-corrected chi connectivity index (χ2v) is 6.94. The van der Waals surface area contributed by atoms with Crippen LogP contribution in [0.4, 0.5) is 0 Å². The molecule has 106 valence electrons. The third-order valence-electron chi connectivity index (χ3n) is 2.96. The Morgan fingerprint density at radius 2 is 2.14 bits per heavy atom. The normalized spacial score (nSPS) is 17.1. The van der Waals surface area contributed by atoms with Crippen molar-refractivity contribution in [1.82, 2.24) is 4.90 Å². The van der Waals surface area contributed by atoms with E-state index in [4.69, 9.17) is 17.3 Å². The first-order valence-corrected chi connectivity index (χ1v) is 8.10. The monoisotopic (exact) mass is 335 g/mol. The summed E-state index contributed by atoms with van der Waals surface area (Å²) in [6.45, 7) is -0.396. The van der Waals surface area contributed by atoms with Crippen molar-refractivity contribution in [2.24, 2.45) is 0 Å². The highest BCUT2D eigenvalue weighted by atomic mass is 32.2. The number of amides is 1. The average molecular weight is 335 g/mol. The van der Waals surface area contributed by atoms with E-state index in [1.165, 1.54) is 0 Å². The predicted octanol–water partition coefficient (Wildman–Crippen LogP) is 3.19. The summed E-state index contributed by atoms with van der Waals surface area (Å²) in [6, 6.07) is 7.93. The zero-order valence-electron chi connectivity index (χ0n) is 10.6. The molecule has 1 aromatic heterocycles. The Morgan fingerprint density at radius 1 is 1.38 bits per heavy atom. The number of carbonyl (C=O) groups is 2. The van der Waals surface area contributed by atoms with Crippen LogP contribution in [0, 0.1) is 0 Å². The van der Waals surface area contributed by atoms with Gasteiger partial charge in [0.1, 0.15) is 10.9 Å². The molecule has 1 aliphatic heterocycles. The summed E-state index contributed by atoms with van der Waals surface area (Å²) in [5.74, 6) is -1.42. The number of thioether (sulfide) groups is 1. The zero-order chi connectivity index (χ0) is 15.0. The number of rotatable bonds is 3. The number of thiocarbonyl (C=S) groups is 1. The van der Waals surface area contributed by atoms with Gasteiger partial charge in [0.15, 0.2) is 0 Å². The van der Waals surface area contributed by atoms with Gasteiger partial charge >= 0.3 is 5.97 Å². The topological polar surface area (TPSA) is 57.6 Å². The number of thiophene rings is 1. The molecule has 7 heteroatoms. The van der Waals surface area contributed by atoms with Gasteiger partial charge in [-0.1, -0.05) is 42.2 Å². The first-order chi connectivity index (χ1) is 10.1. The van der Waals surface area contributed by atoms with E-state index in [-0.39, 0.29) is 10.2 Å². The molecule has 0 saturated carbocycles. The van der Waals surface area contributed by atoms with E-state index in [1.807, 2.05) is 29.6 Å². The molecule has 21 heavy (non-hydrogen) atoms. The second-order valence-electron chi connectivity index (χ2n) is 4.35. The van der Waals surface area contributed by atoms with E-state index in [0.29, 0.717) is 4.91 Å². The van der Waals surface area contributed by atoms with Crippen LogP contribution in [0.25, 0.3) is 16.2 Å². The van der Waals surface area contributed by atoms with Crippen LogP contribution in [-0.2, 0) is 9.59 Å². The van der Waals surface area contributed by atoms with Gasteiger partial charge in [-0.3, -0.25) is 14.5 Å². The number of carboxylic acid groups (broad SMARTS) is 1. The van der Waals surface area contributed by atoms with E-state index in [9.17, 15) is 9.59 Å². The SMILES string of the molecule is O=C(O)CN1C(=O)C(=Cc2csc3ccccc23)SC1=S. The molecule has 1 amide bonds. The maximum absolute atomic E-state index is 12.2. The third-order valence-corrected chi connectivity index (χ3v) is 5.32. The lowest BCUT2D eigenvalue weighted by molar-refractivity contribution is -0.140. The number of nitrogens with zero attached hydrogens (tertiary/aromatic N) is 1. The van der Waals surface area contributed by atoms with Gasteiger partial charge in [0.2, 0.25) is 0 Å². The Balaban J connectivity index is 1.95. The minimum atomic E-state index is -1.08. The quantitative estimate of drug-likeness (QED) is 0.689. The fourth-order valence-electron chi connectivity index (χ4n) is 2.02. The summed E-state index contributed by atoms with van der Waals surface area (Å²) < 4.78 is 1.43. The van der Waals surface area contributed by atoms with Crippen LogP contribution in [0.2, 0.25) is 0 Å². The summed E-state index contributed by atoms with van der Waals surface area (Å²) in [5, 5.41) is 11.9. The van der Waals surface area contributed by atoms with Crippen molar-refractivity contribution in [2.45, 2.75) is 0 Å². The molecule has 0 radical (unpaired) electrons. The van der Waals surface area contributed by atoms with Crippen LogP contribution in [0.15, 0.2) is 34.6 Å². The van der Waals surface area contributed by atoms with Gasteiger partial charge in [0.25, 0.3) is 5.91 Å². The maximum atomic E-state index is 12.2. The number of hydrogen-bond acceptors (Lipinski definition) is 5. The van der Waals surface area contributed by atoms with Crippen molar-refractivity contribution in [3.63, 3.8) is 0 Å². The predicted molar refractivity (Wildman–Crippen MR) is 89.3 cm³/mol. The molecule has 0 spiro atoms. The van der Waals surface area contributed by atoms with E-state index in [1.54, 1.807) is 17.4 Å². The fourth-order valence-corrected chi connectivity index (χ4v) is 4.19. The third kappa shape index (κ3) is 2.72. The van der Waals surface area contributed by atoms with Crippen molar-refractivity contribution in [3.8, 4) is 0 Å². The van der Waals surface area contributed by atoms with Gasteiger partial charge in [0.05, 0.1) is 4.91 Å². The van der Waals surface area contributed by atoms with Crippen molar-refractivity contribution in [1.29, 1.82) is 0 Å². The van der Waals surface area contributed by atoms with Crippen molar-refractivity contribution in [2.75, 3.05) is 6.54 Å². The molecule has 0 atom stereocenters. The lowest BCUT2D eigenvalue weighted by Gasteiger charge is -2.10. The van der Waals surface area contributed by atoms with Crippen molar-refractivity contribution >= 4 is 67.7 Å². The molecule has 4 nitrogen and oxygen atoms in total. The van der Waals surface area contributed by atoms with Gasteiger partial charge in [-0.15, -0.1) is 11.3 Å². The summed E-state index contributed by atoms with van der Waals surface area (Å²) in [6.07, 6.45) is 1.78. The van der Waals surface area contributed by atoms with Crippen LogP contribution in [-0.4, -0.2) is 32.7 Å². The smallest absolute Gasteiger partial charge is 0.323 e. The van der Waals surface area contributed by atoms with E-state index >= 15 is 0 Å². The lowest BCUT2D eigenvalue weighted by atomic mass is 10.1. The number of carboxylic acids is 1. The zero-order valence-corrected chi connectivity index (χ0v) is 13.1. The summed E-state index contributed by atoms with van der Waals surface area (Å²) in [7, 11) is 0. The van der Waals surface area contributed by atoms with Gasteiger partial charge in [0, 0.05) is 4.70 Å². The van der Waals surface area contributed by atoms with Crippen molar-refractivity contribution < 1.29 is 14.7 Å². The van der Waals surface area contributed by atoms with Gasteiger partial charge in [-0.05, 0) is 28.5 Å². The van der Waals surface area contributed by atoms with Crippen molar-refractivity contribution in [3.05, 3.63) is 40.1 Å². The van der Waals surface area contributed by atoms with Crippen LogP contribution in [0.1, 0.15) is 5.56 Å². The summed E-state index contributed by atoms with van der Waals surface area (Å²) >= 11 is 7.82. The molecule has 1 saturated heterocycles. The molecule has 0 aliphatic carbocycles. The first kappa shape index (κ1) is 14.2. The molecule has 1 aliphatic rings. The molecule has 2 heterocycles. The minimum absolute atomic E-state index is 0.285. The molecule has 3 rings (SSSR count). The van der Waals surface area contributed by atoms with E-state index in [2.05, 4.69) is 0 Å². The standard InChI is InChI=1S/C14H9NO3S3/c16-12(17)6-15-13(18)11(21-14(15)19)5-8-7-20-10-4-2-1-3-9(8)10/h1-5,7H,6H2,(H,16,17). The molecule has 1 aromatic carbocycles. The molecule has 0 unspecified atom stereocenters. The Hall–Kier alpha value is -1.70. The Labute approximate surface area is 134 Å². The Bertz CT molecular complexity index is 794. The largest absolute Gasteiger partial charge is 0.480 e. The number of hydrogen-bond donors (Lipinski definition) is 1. The maximum Gasteiger partial charge on any atom is 0.323 e. The number of benzene rings is 1. The Kier molecular flexibility index (Phi) is 3.79. The van der Waals surface area contributed by atoms with E-state index < -0.39 is 12.5 Å². The highest BCUT2D eigenvalue weighted by Crippen LogP contribution is 2.35. The number of aliphatic carboxylic acids is 1. The van der Waals surface area contributed by atoms with Gasteiger partial charge < -0.3 is 5.11 Å². The van der Waals surface area contributed by atoms with Crippen LogP contribution < -0.4 is 0 Å². The number of carbonyl (C=O) groups excluding carboxylic acids is 1. The summed E-state index contributed by atoms with van der Waals surface area (Å²) in [4.78, 5) is 24.5. The molecule has 2 aromatic rings. The van der Waals surface area contributed by atoms with E-state index in [0.717, 1.165) is 32.3 Å². The highest BCUT2D eigenvalue weighted by Gasteiger charge is 2.33. The van der Waals surface area contributed by atoms with Gasteiger partial charge in [-0.2, -0.15) is 0 Å². The molecule has 1 fully saturated rings. The van der Waals surface area contributed by atoms with Gasteiger partial charge in [-0.25, -0.2) is 0 Å². The second kappa shape index (κ2) is 5.59. The molecule has 1 N–H and O–H groups in total. The summed E-state index contributed by atoms with van der Waals surface area (Å²) in [5.41, 5.74) is 0.950. The highest BCUT2D eigenvalue weighted by molar-refractivity contribution is 8.26. The molecular formula is C14H9NO3S3. The number of fused-ring (bicyclic) bond motifs is 1.